The van der Waals surface area contributed by atoms with Gasteiger partial charge < -0.3 is 14.9 Å². The predicted molar refractivity (Wildman–Crippen MR) is 99.1 cm³/mol. The number of halogens is 1. The molecule has 1 aromatic heterocycles. The van der Waals surface area contributed by atoms with Crippen molar-refractivity contribution in [2.24, 2.45) is 0 Å². The number of aliphatic hydroxyl groups excluding tert-OH is 1. The largest absolute Gasteiger partial charge is 0.390 e. The number of nitrogens with zero attached hydrogens (tertiary/aromatic N) is 3. The Kier molecular flexibility index (Phi) is 4.78. The summed E-state index contributed by atoms with van der Waals surface area (Å²) in [4.78, 5) is 20.6. The van der Waals surface area contributed by atoms with Crippen LogP contribution in [0.1, 0.15) is 24.1 Å². The number of carbonyl (C=O) groups excluding carboxylic acids is 1. The van der Waals surface area contributed by atoms with Gasteiger partial charge in [0, 0.05) is 36.7 Å². The van der Waals surface area contributed by atoms with Gasteiger partial charge in [-0.15, -0.1) is 11.3 Å². The number of thiazole rings is 1. The lowest BCUT2D eigenvalue weighted by molar-refractivity contribution is 0.193. The van der Waals surface area contributed by atoms with E-state index in [9.17, 15) is 9.18 Å². The molecule has 2 aromatic rings. The number of aliphatic hydroxyl groups is 1. The molecule has 3 heterocycles. The molecule has 0 bridgehead atoms. The third kappa shape index (κ3) is 3.39. The van der Waals surface area contributed by atoms with E-state index in [0.717, 1.165) is 31.5 Å². The lowest BCUT2D eigenvalue weighted by atomic mass is 10.0. The molecule has 4 rings (SSSR count). The number of hydrogen-bond donors (Lipinski definition) is 2. The monoisotopic (exact) mass is 376 g/mol. The number of hydrogen-bond acceptors (Lipinski definition) is 5. The van der Waals surface area contributed by atoms with Gasteiger partial charge in [-0.3, -0.25) is 5.32 Å². The third-order valence-electron chi connectivity index (χ3n) is 5.10. The number of nitrogens with one attached hydrogen (secondary N) is 1. The van der Waals surface area contributed by atoms with Gasteiger partial charge in [0.05, 0.1) is 12.3 Å². The van der Waals surface area contributed by atoms with E-state index in [4.69, 9.17) is 5.11 Å². The van der Waals surface area contributed by atoms with Crippen LogP contribution in [0.3, 0.4) is 0 Å². The van der Waals surface area contributed by atoms with E-state index >= 15 is 0 Å². The number of likely N-dealkylation sites (tertiary alicyclic amines) is 1. The molecule has 138 valence electrons. The minimum atomic E-state index is -0.196. The average molecular weight is 376 g/mol. The molecule has 2 amide bonds. The van der Waals surface area contributed by atoms with E-state index in [-0.39, 0.29) is 18.5 Å². The van der Waals surface area contributed by atoms with Gasteiger partial charge in [0.15, 0.2) is 5.13 Å². The number of piperidine rings is 1. The highest BCUT2D eigenvalue weighted by molar-refractivity contribution is 7.13. The summed E-state index contributed by atoms with van der Waals surface area (Å²) >= 11 is 1.31. The molecule has 6 nitrogen and oxygen atoms in total. The van der Waals surface area contributed by atoms with Gasteiger partial charge in [0.1, 0.15) is 5.82 Å². The highest BCUT2D eigenvalue weighted by atomic mass is 32.1. The van der Waals surface area contributed by atoms with Gasteiger partial charge in [-0.2, -0.15) is 0 Å². The minimum Gasteiger partial charge on any atom is -0.390 e. The Bertz CT molecular complexity index is 804. The van der Waals surface area contributed by atoms with Crippen LogP contribution in [0.5, 0.6) is 0 Å². The fraction of sp³-hybridized carbons (Fsp3) is 0.444. The highest BCUT2D eigenvalue weighted by Crippen LogP contribution is 2.33. The SMILES string of the molecule is O=C(Nc1nc(CO)cs1)N1CCC(N2CCc3ccc(F)cc32)CC1. The van der Waals surface area contributed by atoms with Crippen molar-refractivity contribution < 1.29 is 14.3 Å². The summed E-state index contributed by atoms with van der Waals surface area (Å²) in [6.07, 6.45) is 2.68. The summed E-state index contributed by atoms with van der Waals surface area (Å²) in [5.74, 6) is -0.196. The van der Waals surface area contributed by atoms with Crippen LogP contribution in [0.25, 0.3) is 0 Å². The van der Waals surface area contributed by atoms with Crippen molar-refractivity contribution in [2.45, 2.75) is 31.9 Å². The van der Waals surface area contributed by atoms with Crippen LogP contribution in [-0.2, 0) is 13.0 Å². The number of urea groups is 1. The maximum atomic E-state index is 13.6. The van der Waals surface area contributed by atoms with Gasteiger partial charge in [-0.05, 0) is 37.0 Å². The van der Waals surface area contributed by atoms with Crippen LogP contribution in [0.2, 0.25) is 0 Å². The first kappa shape index (κ1) is 17.2. The second-order valence-electron chi connectivity index (χ2n) is 6.67. The molecule has 0 radical (unpaired) electrons. The van der Waals surface area contributed by atoms with E-state index in [1.165, 1.54) is 23.0 Å². The maximum absolute atomic E-state index is 13.6. The Morgan fingerprint density at radius 2 is 2.15 bits per heavy atom. The fourth-order valence-corrected chi connectivity index (χ4v) is 4.44. The van der Waals surface area contributed by atoms with Crippen molar-refractivity contribution in [2.75, 3.05) is 29.9 Å². The number of amides is 2. The van der Waals surface area contributed by atoms with Gasteiger partial charge in [0.2, 0.25) is 0 Å². The topological polar surface area (TPSA) is 68.7 Å². The minimum absolute atomic E-state index is 0.129. The van der Waals surface area contributed by atoms with E-state index in [2.05, 4.69) is 15.2 Å². The van der Waals surface area contributed by atoms with Crippen LogP contribution in [0.15, 0.2) is 23.6 Å². The number of benzene rings is 1. The summed E-state index contributed by atoms with van der Waals surface area (Å²) in [5, 5.41) is 14.1. The van der Waals surface area contributed by atoms with Crippen molar-refractivity contribution in [1.29, 1.82) is 0 Å². The van der Waals surface area contributed by atoms with Crippen molar-refractivity contribution in [3.8, 4) is 0 Å². The van der Waals surface area contributed by atoms with Crippen LogP contribution in [0.4, 0.5) is 20.0 Å². The summed E-state index contributed by atoms with van der Waals surface area (Å²) in [7, 11) is 0. The van der Waals surface area contributed by atoms with Gasteiger partial charge >= 0.3 is 6.03 Å². The van der Waals surface area contributed by atoms with Gasteiger partial charge in [-0.25, -0.2) is 14.2 Å². The van der Waals surface area contributed by atoms with Crippen LogP contribution in [0, 0.1) is 5.82 Å². The maximum Gasteiger partial charge on any atom is 0.323 e. The summed E-state index contributed by atoms with van der Waals surface area (Å²) in [5.41, 5.74) is 2.77. The molecule has 2 aliphatic heterocycles. The standard InChI is InChI=1S/C18H21FN4O2S/c19-13-2-1-12-3-8-23(16(12)9-13)15-4-6-22(7-5-15)18(25)21-17-20-14(10-24)11-26-17/h1-2,9,11,15,24H,3-8,10H2,(H,20,21,25). The first-order valence-corrected chi connectivity index (χ1v) is 9.68. The molecule has 0 atom stereocenters. The average Bonchev–Trinajstić information content (AvgIpc) is 3.28. The van der Waals surface area contributed by atoms with Crippen LogP contribution < -0.4 is 10.2 Å². The zero-order valence-corrected chi connectivity index (χ0v) is 15.1. The Hall–Kier alpha value is -2.19. The molecule has 0 saturated carbocycles. The van der Waals surface area contributed by atoms with Crippen LogP contribution >= 0.6 is 11.3 Å². The van der Waals surface area contributed by atoms with Gasteiger partial charge in [-0.1, -0.05) is 6.07 Å². The van der Waals surface area contributed by atoms with Crippen molar-refractivity contribution in [1.82, 2.24) is 9.88 Å². The van der Waals surface area contributed by atoms with Crippen molar-refractivity contribution >= 4 is 28.2 Å². The molecule has 2 N–H and O–H groups in total. The molecule has 1 aromatic carbocycles. The molecule has 26 heavy (non-hydrogen) atoms. The summed E-state index contributed by atoms with van der Waals surface area (Å²) in [6, 6.07) is 5.21. The molecule has 0 unspecified atom stereocenters. The van der Waals surface area contributed by atoms with E-state index in [0.29, 0.717) is 30.0 Å². The van der Waals surface area contributed by atoms with Gasteiger partial charge in [0.25, 0.3) is 0 Å². The number of aromatic nitrogens is 1. The second-order valence-corrected chi connectivity index (χ2v) is 7.53. The van der Waals surface area contributed by atoms with E-state index < -0.39 is 0 Å². The number of carbonyl (C=O) groups is 1. The smallest absolute Gasteiger partial charge is 0.323 e. The Morgan fingerprint density at radius 1 is 1.35 bits per heavy atom. The first-order chi connectivity index (χ1) is 12.6. The first-order valence-electron chi connectivity index (χ1n) is 8.80. The lowest BCUT2D eigenvalue weighted by Gasteiger charge is -2.38. The predicted octanol–water partition coefficient (Wildman–Crippen LogP) is 2.83. The molecule has 0 spiro atoms. The molecular weight excluding hydrogens is 355 g/mol. The summed E-state index contributed by atoms with van der Waals surface area (Å²) < 4.78 is 13.6. The van der Waals surface area contributed by atoms with Crippen LogP contribution in [-0.4, -0.2) is 46.7 Å². The fourth-order valence-electron chi connectivity index (χ4n) is 3.74. The zero-order chi connectivity index (χ0) is 18.1. The third-order valence-corrected chi connectivity index (χ3v) is 5.91. The normalized spacial score (nSPS) is 17.5. The second kappa shape index (κ2) is 7.20. The van der Waals surface area contributed by atoms with E-state index in [1.807, 2.05) is 6.07 Å². The Balaban J connectivity index is 1.34. The lowest BCUT2D eigenvalue weighted by Crippen LogP contribution is -2.47. The molecule has 8 heteroatoms. The molecule has 2 aliphatic rings. The number of anilines is 2. The van der Waals surface area contributed by atoms with Crippen molar-refractivity contribution in [3.63, 3.8) is 0 Å². The number of fused-ring (bicyclic) bond motifs is 1. The Morgan fingerprint density at radius 3 is 2.88 bits per heavy atom. The zero-order valence-electron chi connectivity index (χ0n) is 14.3. The Labute approximate surface area is 155 Å². The molecule has 1 saturated heterocycles. The molecule has 0 aliphatic carbocycles. The molecule has 1 fully saturated rings. The van der Waals surface area contributed by atoms with E-state index in [1.54, 1.807) is 16.3 Å². The summed E-state index contributed by atoms with van der Waals surface area (Å²) in [6.45, 7) is 2.11. The van der Waals surface area contributed by atoms with Crippen molar-refractivity contribution in [3.05, 3.63) is 40.7 Å². The quantitative estimate of drug-likeness (QED) is 0.864. The number of rotatable bonds is 3. The highest BCUT2D eigenvalue weighted by Gasteiger charge is 2.31. The molecular formula is C18H21FN4O2S.